The van der Waals surface area contributed by atoms with Gasteiger partial charge in [0.25, 0.3) is 0 Å². The number of benzene rings is 3. The third-order valence-electron chi connectivity index (χ3n) is 7.68. The van der Waals surface area contributed by atoms with Crippen LogP contribution >= 0.6 is 46.4 Å². The minimum absolute atomic E-state index is 0.0466. The summed E-state index contributed by atoms with van der Waals surface area (Å²) in [6, 6.07) is 22.3. The lowest BCUT2D eigenvalue weighted by Crippen LogP contribution is -2.35. The second kappa shape index (κ2) is 20.4. The summed E-state index contributed by atoms with van der Waals surface area (Å²) < 4.78 is 13.6. The molecule has 14 nitrogen and oxygen atoms in total. The van der Waals surface area contributed by atoms with Crippen molar-refractivity contribution in [2.45, 2.75) is 20.5 Å². The number of hydrogen-bond donors (Lipinski definition) is 2. The summed E-state index contributed by atoms with van der Waals surface area (Å²) in [7, 11) is 1.53. The SMILES string of the molecule is COCCOc1cccc2c1c(=O)c(C(=O)O)nn2-c1ccc(Cl)cc1.Cc1cccc(C)c1N(Cn1cccn1)C(=O)CCl.O=C(O)c1nc(Cl)ccc1Cl. The van der Waals surface area contributed by atoms with Gasteiger partial charge in [0.15, 0.2) is 5.69 Å². The van der Waals surface area contributed by atoms with Crippen LogP contribution in [0.25, 0.3) is 16.6 Å². The van der Waals surface area contributed by atoms with Gasteiger partial charge in [-0.2, -0.15) is 10.2 Å². The Morgan fingerprint density at radius 2 is 1.50 bits per heavy atom. The largest absolute Gasteiger partial charge is 0.490 e. The van der Waals surface area contributed by atoms with Crippen LogP contribution in [0.1, 0.15) is 32.1 Å². The summed E-state index contributed by atoms with van der Waals surface area (Å²) in [4.78, 5) is 51.8. The van der Waals surface area contributed by atoms with Gasteiger partial charge >= 0.3 is 11.9 Å². The van der Waals surface area contributed by atoms with E-state index in [1.165, 1.54) is 23.9 Å². The number of methoxy groups -OCH3 is 1. The molecule has 0 atom stereocenters. The Morgan fingerprint density at radius 1 is 0.839 bits per heavy atom. The van der Waals surface area contributed by atoms with E-state index in [1.807, 2.05) is 44.3 Å². The zero-order chi connectivity index (χ0) is 40.9. The first kappa shape index (κ1) is 43.2. The molecule has 0 aliphatic rings. The highest BCUT2D eigenvalue weighted by molar-refractivity contribution is 6.34. The van der Waals surface area contributed by atoms with Crippen molar-refractivity contribution in [2.75, 3.05) is 31.1 Å². The van der Waals surface area contributed by atoms with Crippen molar-refractivity contribution >= 4 is 80.8 Å². The predicted octanol–water partition coefficient (Wildman–Crippen LogP) is 7.58. The quantitative estimate of drug-likeness (QED) is 0.0746. The molecule has 0 fully saturated rings. The van der Waals surface area contributed by atoms with E-state index in [9.17, 15) is 24.3 Å². The van der Waals surface area contributed by atoms with Crippen molar-refractivity contribution in [3.8, 4) is 11.4 Å². The van der Waals surface area contributed by atoms with Gasteiger partial charge in [0.05, 0.1) is 33.9 Å². The number of amides is 1. The van der Waals surface area contributed by atoms with Gasteiger partial charge in [0, 0.05) is 24.5 Å². The lowest BCUT2D eigenvalue weighted by molar-refractivity contribution is -0.116. The summed E-state index contributed by atoms with van der Waals surface area (Å²) in [5, 5.41) is 26.9. The van der Waals surface area contributed by atoms with Gasteiger partial charge in [0.1, 0.15) is 30.1 Å². The monoisotopic (exact) mass is 842 g/mol. The highest BCUT2D eigenvalue weighted by Crippen LogP contribution is 2.27. The van der Waals surface area contributed by atoms with Crippen molar-refractivity contribution < 1.29 is 34.1 Å². The maximum Gasteiger partial charge on any atom is 0.360 e. The number of carboxylic acids is 2. The molecular formula is C38H34Cl4N6O8. The van der Waals surface area contributed by atoms with Crippen LogP contribution in [0.4, 0.5) is 5.69 Å². The fourth-order valence-corrected chi connectivity index (χ4v) is 5.80. The number of fused-ring (bicyclic) bond motifs is 1. The average Bonchev–Trinajstić information content (AvgIpc) is 3.69. The number of aryl methyl sites for hydroxylation is 2. The first-order chi connectivity index (χ1) is 26.8. The summed E-state index contributed by atoms with van der Waals surface area (Å²) in [5.41, 5.74) is 2.48. The summed E-state index contributed by atoms with van der Waals surface area (Å²) in [5.74, 6) is -2.50. The van der Waals surface area contributed by atoms with Gasteiger partial charge in [0.2, 0.25) is 17.0 Å². The number of pyridine rings is 1. The van der Waals surface area contributed by atoms with Crippen LogP contribution in [0.3, 0.4) is 0 Å². The summed E-state index contributed by atoms with van der Waals surface area (Å²) in [6.45, 7) is 4.89. The fourth-order valence-electron chi connectivity index (χ4n) is 5.19. The number of para-hydroxylation sites is 1. The van der Waals surface area contributed by atoms with E-state index >= 15 is 0 Å². The molecule has 0 bridgehead atoms. The molecule has 1 amide bonds. The van der Waals surface area contributed by atoms with Crippen LogP contribution < -0.4 is 15.1 Å². The minimum atomic E-state index is -1.41. The van der Waals surface area contributed by atoms with Crippen LogP contribution in [-0.2, 0) is 16.2 Å². The van der Waals surface area contributed by atoms with Crippen LogP contribution in [0, 0.1) is 13.8 Å². The van der Waals surface area contributed by atoms with Crippen LogP contribution in [0.2, 0.25) is 15.2 Å². The molecule has 0 saturated carbocycles. The molecule has 18 heteroatoms. The Labute approximate surface area is 340 Å². The molecule has 0 spiro atoms. The van der Waals surface area contributed by atoms with Gasteiger partial charge < -0.3 is 19.7 Å². The molecular weight excluding hydrogens is 810 g/mol. The fraction of sp³-hybridized carbons (Fsp3) is 0.184. The van der Waals surface area contributed by atoms with Crippen molar-refractivity contribution in [1.82, 2.24) is 24.5 Å². The molecule has 0 unspecified atom stereocenters. The zero-order valence-corrected chi connectivity index (χ0v) is 33.1. The van der Waals surface area contributed by atoms with Crippen LogP contribution in [0.15, 0.2) is 96.1 Å². The molecule has 56 heavy (non-hydrogen) atoms. The number of rotatable bonds is 11. The normalized spacial score (nSPS) is 10.5. The molecule has 2 N–H and O–H groups in total. The second-order valence-electron chi connectivity index (χ2n) is 11.5. The van der Waals surface area contributed by atoms with E-state index in [1.54, 1.807) is 58.2 Å². The minimum Gasteiger partial charge on any atom is -0.490 e. The smallest absolute Gasteiger partial charge is 0.360 e. The Kier molecular flexibility index (Phi) is 15.8. The highest BCUT2D eigenvalue weighted by atomic mass is 35.5. The molecule has 292 valence electrons. The Bertz CT molecular complexity index is 2350. The molecule has 0 radical (unpaired) electrons. The van der Waals surface area contributed by atoms with Crippen LogP contribution in [0.5, 0.6) is 5.75 Å². The maximum absolute atomic E-state index is 12.7. The van der Waals surface area contributed by atoms with E-state index in [0.717, 1.165) is 16.8 Å². The number of halogens is 4. The number of nitrogens with zero attached hydrogens (tertiary/aromatic N) is 6. The number of aromatic carboxylic acids is 2. The predicted molar refractivity (Wildman–Crippen MR) is 214 cm³/mol. The van der Waals surface area contributed by atoms with Crippen molar-refractivity contribution in [1.29, 1.82) is 0 Å². The molecule has 0 saturated heterocycles. The number of aromatic nitrogens is 5. The van der Waals surface area contributed by atoms with Crippen LogP contribution in [-0.4, -0.2) is 78.8 Å². The van der Waals surface area contributed by atoms with Gasteiger partial charge in [-0.3, -0.25) is 19.2 Å². The first-order valence-electron chi connectivity index (χ1n) is 16.4. The van der Waals surface area contributed by atoms with Gasteiger partial charge in [-0.1, -0.05) is 59.1 Å². The van der Waals surface area contributed by atoms with Crippen molar-refractivity contribution in [3.05, 3.63) is 139 Å². The standard InChI is InChI=1S/C18H15ClN2O5.C14H16ClN3O.C6H3Cl2NO2/c1-25-9-10-26-14-4-2-3-13-15(14)17(22)16(18(23)24)20-21(13)12-7-5-11(19)6-8-12;1-11-5-3-6-12(2)14(11)18(13(19)9-15)10-17-8-4-7-16-17;7-3-1-2-4(8)9-5(3)6(10)11/h2-8H,9-10H2,1H3,(H,23,24);3-8H,9-10H2,1-2H3;1-2H,(H,10,11). The van der Waals surface area contributed by atoms with Gasteiger partial charge in [-0.05, 0) is 79.6 Å². The molecule has 3 aromatic carbocycles. The third kappa shape index (κ3) is 11.0. The molecule has 6 rings (SSSR count). The number of ether oxygens (including phenoxy) is 2. The molecule has 0 aliphatic heterocycles. The summed E-state index contributed by atoms with van der Waals surface area (Å²) in [6.07, 6.45) is 3.51. The number of carbonyl (C=O) groups is 3. The number of anilines is 1. The van der Waals surface area contributed by atoms with Gasteiger partial charge in [-0.25, -0.2) is 19.3 Å². The van der Waals surface area contributed by atoms with E-state index in [-0.39, 0.29) is 45.4 Å². The zero-order valence-electron chi connectivity index (χ0n) is 30.0. The van der Waals surface area contributed by atoms with E-state index in [4.69, 9.17) is 61.0 Å². The van der Waals surface area contributed by atoms with E-state index in [0.29, 0.717) is 29.5 Å². The topological polar surface area (TPSA) is 179 Å². The van der Waals surface area contributed by atoms with E-state index in [2.05, 4.69) is 15.2 Å². The maximum atomic E-state index is 12.7. The van der Waals surface area contributed by atoms with Crippen molar-refractivity contribution in [2.24, 2.45) is 0 Å². The molecule has 3 heterocycles. The number of hydrogen-bond acceptors (Lipinski definition) is 9. The van der Waals surface area contributed by atoms with Crippen molar-refractivity contribution in [3.63, 3.8) is 0 Å². The Morgan fingerprint density at radius 3 is 2.07 bits per heavy atom. The number of carbonyl (C=O) groups excluding carboxylic acids is 1. The highest BCUT2D eigenvalue weighted by Gasteiger charge is 2.21. The lowest BCUT2D eigenvalue weighted by Gasteiger charge is -2.25. The molecule has 3 aromatic heterocycles. The molecule has 0 aliphatic carbocycles. The average molecular weight is 845 g/mol. The van der Waals surface area contributed by atoms with E-state index < -0.39 is 23.1 Å². The molecule has 6 aromatic rings. The summed E-state index contributed by atoms with van der Waals surface area (Å²) >= 11 is 22.6. The second-order valence-corrected chi connectivity index (χ2v) is 13.0. The Balaban J connectivity index is 0.000000203. The van der Waals surface area contributed by atoms with Gasteiger partial charge in [-0.15, -0.1) is 11.6 Å². The Hall–Kier alpha value is -5.51. The third-order valence-corrected chi connectivity index (χ3v) is 8.67. The number of alkyl halides is 1. The lowest BCUT2D eigenvalue weighted by atomic mass is 10.1. The first-order valence-corrected chi connectivity index (χ1v) is 18.1. The number of carboxylic acid groups (broad SMARTS) is 2.